The molecule has 0 bridgehead atoms. The summed E-state index contributed by atoms with van der Waals surface area (Å²) in [6.45, 7) is 4.03. The van der Waals surface area contributed by atoms with Crippen LogP contribution in [0.15, 0.2) is 59.5 Å². The van der Waals surface area contributed by atoms with Gasteiger partial charge in [-0.25, -0.2) is 8.42 Å². The van der Waals surface area contributed by atoms with E-state index in [1.165, 1.54) is 0 Å². The van der Waals surface area contributed by atoms with E-state index in [-0.39, 0.29) is 0 Å². The summed E-state index contributed by atoms with van der Waals surface area (Å²) < 4.78 is 26.0. The van der Waals surface area contributed by atoms with Crippen LogP contribution >= 0.6 is 11.6 Å². The number of sulfone groups is 1. The zero-order valence-corrected chi connectivity index (χ0v) is 15.0. The number of allylic oxidation sites excluding steroid dienone is 1. The molecule has 0 spiro atoms. The fourth-order valence-electron chi connectivity index (χ4n) is 2.28. The van der Waals surface area contributed by atoms with Gasteiger partial charge in [0.05, 0.1) is 9.80 Å². The zero-order valence-electron chi connectivity index (χ0n) is 13.4. The van der Waals surface area contributed by atoms with Gasteiger partial charge in [-0.15, -0.1) is 0 Å². The van der Waals surface area contributed by atoms with Crippen molar-refractivity contribution in [3.8, 4) is 0 Å². The fraction of sp³-hybridized carbons (Fsp3) is 0.263. The standard InChI is InChI=1S/C19H21ClO2S/c1-3-4-5-6-19(16-9-11-17(20)12-10-16)23(21,22)18-13-7-15(2)8-14-18/h6-14H,3-5H2,1-2H3/b19-6-. The monoisotopic (exact) mass is 348 g/mol. The van der Waals surface area contributed by atoms with Crippen LogP contribution in [0.3, 0.4) is 0 Å². The highest BCUT2D eigenvalue weighted by molar-refractivity contribution is 8.00. The molecule has 2 nitrogen and oxygen atoms in total. The Kier molecular flexibility index (Phi) is 6.03. The average molecular weight is 349 g/mol. The van der Waals surface area contributed by atoms with Crippen LogP contribution < -0.4 is 0 Å². The minimum Gasteiger partial charge on any atom is -0.219 e. The number of aryl methyl sites for hydroxylation is 1. The zero-order chi connectivity index (χ0) is 16.9. The Morgan fingerprint density at radius 3 is 2.22 bits per heavy atom. The Balaban J connectivity index is 2.49. The van der Waals surface area contributed by atoms with Crippen molar-refractivity contribution in [1.82, 2.24) is 0 Å². The topological polar surface area (TPSA) is 34.1 Å². The van der Waals surface area contributed by atoms with Gasteiger partial charge in [0.25, 0.3) is 0 Å². The van der Waals surface area contributed by atoms with E-state index in [4.69, 9.17) is 11.6 Å². The third-order valence-corrected chi connectivity index (χ3v) is 5.76. The van der Waals surface area contributed by atoms with E-state index < -0.39 is 9.84 Å². The second-order valence-corrected chi connectivity index (χ2v) is 7.89. The summed E-state index contributed by atoms with van der Waals surface area (Å²) in [5.41, 5.74) is 1.71. The van der Waals surface area contributed by atoms with Crippen molar-refractivity contribution in [2.75, 3.05) is 0 Å². The predicted molar refractivity (Wildman–Crippen MR) is 97.3 cm³/mol. The molecule has 0 aromatic heterocycles. The molecule has 0 N–H and O–H groups in total. The van der Waals surface area contributed by atoms with Crippen molar-refractivity contribution in [1.29, 1.82) is 0 Å². The van der Waals surface area contributed by atoms with E-state index >= 15 is 0 Å². The summed E-state index contributed by atoms with van der Waals surface area (Å²) >= 11 is 5.92. The second kappa shape index (κ2) is 7.80. The first-order valence-electron chi connectivity index (χ1n) is 7.73. The molecule has 0 aliphatic carbocycles. The fourth-order valence-corrected chi connectivity index (χ4v) is 3.94. The van der Waals surface area contributed by atoms with Crippen LogP contribution in [-0.2, 0) is 9.84 Å². The van der Waals surface area contributed by atoms with Gasteiger partial charge >= 0.3 is 0 Å². The molecule has 0 amide bonds. The van der Waals surface area contributed by atoms with E-state index in [0.717, 1.165) is 24.8 Å². The van der Waals surface area contributed by atoms with Gasteiger partial charge in [-0.05, 0) is 43.2 Å². The number of benzene rings is 2. The molecule has 0 aliphatic heterocycles. The lowest BCUT2D eigenvalue weighted by Crippen LogP contribution is -2.04. The molecule has 0 aliphatic rings. The normalized spacial score (nSPS) is 12.4. The Hall–Kier alpha value is -1.58. The van der Waals surface area contributed by atoms with Crippen LogP contribution in [0.4, 0.5) is 0 Å². The molecule has 0 unspecified atom stereocenters. The molecule has 2 aromatic rings. The highest BCUT2D eigenvalue weighted by Crippen LogP contribution is 2.29. The molecular weight excluding hydrogens is 328 g/mol. The lowest BCUT2D eigenvalue weighted by Gasteiger charge is -2.11. The first kappa shape index (κ1) is 17.8. The minimum atomic E-state index is -3.55. The van der Waals surface area contributed by atoms with Gasteiger partial charge in [0.1, 0.15) is 0 Å². The maximum absolute atomic E-state index is 13.0. The molecule has 0 heterocycles. The van der Waals surface area contributed by atoms with E-state index in [1.54, 1.807) is 36.4 Å². The van der Waals surface area contributed by atoms with Gasteiger partial charge in [-0.1, -0.05) is 67.3 Å². The molecule has 0 saturated heterocycles. The SMILES string of the molecule is CCCC/C=C(/c1ccc(Cl)cc1)S(=O)(=O)c1ccc(C)cc1. The first-order chi connectivity index (χ1) is 10.9. The predicted octanol–water partition coefficient (Wildman–Crippen LogP) is 5.65. The lowest BCUT2D eigenvalue weighted by molar-refractivity contribution is 0.605. The Morgan fingerprint density at radius 1 is 1.04 bits per heavy atom. The van der Waals surface area contributed by atoms with Gasteiger partial charge < -0.3 is 0 Å². The van der Waals surface area contributed by atoms with Crippen LogP contribution in [0.2, 0.25) is 5.02 Å². The summed E-state index contributed by atoms with van der Waals surface area (Å²) in [5.74, 6) is 0. The molecule has 122 valence electrons. The maximum atomic E-state index is 13.0. The number of rotatable bonds is 6. The van der Waals surface area contributed by atoms with Gasteiger partial charge in [-0.3, -0.25) is 0 Å². The van der Waals surface area contributed by atoms with Gasteiger partial charge in [0.15, 0.2) is 0 Å². The summed E-state index contributed by atoms with van der Waals surface area (Å²) in [5, 5.41) is 0.592. The Morgan fingerprint density at radius 2 is 1.65 bits per heavy atom. The molecular formula is C19H21ClO2S. The van der Waals surface area contributed by atoms with Crippen molar-refractivity contribution in [2.24, 2.45) is 0 Å². The minimum absolute atomic E-state index is 0.320. The van der Waals surface area contributed by atoms with Gasteiger partial charge in [0, 0.05) is 5.02 Å². The highest BCUT2D eigenvalue weighted by atomic mass is 35.5. The van der Waals surface area contributed by atoms with Crippen LogP contribution in [0.5, 0.6) is 0 Å². The Labute approximate surface area is 143 Å². The smallest absolute Gasteiger partial charge is 0.206 e. The van der Waals surface area contributed by atoms with Crippen molar-refractivity contribution in [3.05, 3.63) is 70.8 Å². The number of hydrogen-bond donors (Lipinski definition) is 0. The summed E-state index contributed by atoms with van der Waals surface area (Å²) in [4.78, 5) is 0.673. The van der Waals surface area contributed by atoms with Crippen LogP contribution in [-0.4, -0.2) is 8.42 Å². The quantitative estimate of drug-likeness (QED) is 0.632. The average Bonchev–Trinajstić information content (AvgIpc) is 2.53. The maximum Gasteiger partial charge on any atom is 0.206 e. The molecule has 4 heteroatoms. The largest absolute Gasteiger partial charge is 0.219 e. The molecule has 0 radical (unpaired) electrons. The number of unbranched alkanes of at least 4 members (excludes halogenated alkanes) is 2. The van der Waals surface area contributed by atoms with Crippen molar-refractivity contribution >= 4 is 26.3 Å². The van der Waals surface area contributed by atoms with Crippen molar-refractivity contribution < 1.29 is 8.42 Å². The van der Waals surface area contributed by atoms with Crippen LogP contribution in [0, 0.1) is 6.92 Å². The van der Waals surface area contributed by atoms with Crippen LogP contribution in [0.1, 0.15) is 37.3 Å². The molecule has 0 fully saturated rings. The second-order valence-electron chi connectivity index (χ2n) is 5.53. The van der Waals surface area contributed by atoms with E-state index in [0.29, 0.717) is 20.4 Å². The molecule has 0 atom stereocenters. The third kappa shape index (κ3) is 4.46. The first-order valence-corrected chi connectivity index (χ1v) is 9.59. The molecule has 2 aromatic carbocycles. The van der Waals surface area contributed by atoms with Gasteiger partial charge in [-0.2, -0.15) is 0 Å². The van der Waals surface area contributed by atoms with E-state index in [9.17, 15) is 8.42 Å². The number of halogens is 1. The van der Waals surface area contributed by atoms with Crippen molar-refractivity contribution in [2.45, 2.75) is 38.0 Å². The summed E-state index contributed by atoms with van der Waals surface area (Å²) in [6, 6.07) is 13.9. The van der Waals surface area contributed by atoms with Gasteiger partial charge in [0.2, 0.25) is 9.84 Å². The van der Waals surface area contributed by atoms with E-state index in [2.05, 4.69) is 6.92 Å². The van der Waals surface area contributed by atoms with Crippen molar-refractivity contribution in [3.63, 3.8) is 0 Å². The molecule has 23 heavy (non-hydrogen) atoms. The lowest BCUT2D eigenvalue weighted by atomic mass is 10.1. The molecule has 2 rings (SSSR count). The molecule has 0 saturated carbocycles. The van der Waals surface area contributed by atoms with Crippen LogP contribution in [0.25, 0.3) is 4.91 Å². The third-order valence-electron chi connectivity index (χ3n) is 3.64. The number of hydrogen-bond acceptors (Lipinski definition) is 2. The summed E-state index contributed by atoms with van der Waals surface area (Å²) in [6.07, 6.45) is 4.54. The Bertz CT molecular complexity index is 773. The summed E-state index contributed by atoms with van der Waals surface area (Å²) in [7, 11) is -3.55. The van der Waals surface area contributed by atoms with E-state index in [1.807, 2.05) is 25.1 Å². The highest BCUT2D eigenvalue weighted by Gasteiger charge is 2.21.